The zero-order valence-electron chi connectivity index (χ0n) is 29.1. The van der Waals surface area contributed by atoms with Crippen molar-refractivity contribution in [2.75, 3.05) is 26.2 Å². The maximum atomic E-state index is 14.2. The Balaban J connectivity index is 1.58. The zero-order chi connectivity index (χ0) is 36.4. The van der Waals surface area contributed by atoms with E-state index in [4.69, 9.17) is 10.9 Å². The SMILES string of the molecule is CC[C@H](C)[C@@H](C(=O)N[C@@H](Cc1ccccc1)[C@@H](O)CN(CC(C)C)S(=O)(=O)c1ccc(C=NO)cc1)N1CCN(Cc2c[nH]c(CN)n2)C1=O. The van der Waals surface area contributed by atoms with Crippen LogP contribution in [0.4, 0.5) is 4.79 Å². The van der Waals surface area contributed by atoms with E-state index >= 15 is 0 Å². The number of rotatable bonds is 18. The molecule has 0 bridgehead atoms. The van der Waals surface area contributed by atoms with Crippen molar-refractivity contribution in [2.45, 2.75) is 76.7 Å². The Kier molecular flexibility index (Phi) is 13.5. The Morgan fingerprint density at radius 1 is 1.12 bits per heavy atom. The number of aliphatic hydroxyl groups is 1. The molecule has 1 aromatic heterocycles. The molecule has 0 aliphatic carbocycles. The summed E-state index contributed by atoms with van der Waals surface area (Å²) in [7, 11) is -4.06. The van der Waals surface area contributed by atoms with Crippen LogP contribution in [0, 0.1) is 11.8 Å². The van der Waals surface area contributed by atoms with Crippen LogP contribution in [0.5, 0.6) is 0 Å². The van der Waals surface area contributed by atoms with E-state index in [1.807, 2.05) is 58.0 Å². The molecule has 1 aliphatic heterocycles. The molecular weight excluding hydrogens is 661 g/mol. The number of nitrogens with two attached hydrogens (primary N) is 1. The van der Waals surface area contributed by atoms with Crippen molar-refractivity contribution in [2.24, 2.45) is 22.7 Å². The van der Waals surface area contributed by atoms with Crippen LogP contribution in [0.15, 0.2) is 70.8 Å². The summed E-state index contributed by atoms with van der Waals surface area (Å²) in [5, 5.41) is 26.6. The Morgan fingerprint density at radius 3 is 2.42 bits per heavy atom. The summed E-state index contributed by atoms with van der Waals surface area (Å²) in [4.78, 5) is 38.6. The van der Waals surface area contributed by atoms with Gasteiger partial charge in [0.25, 0.3) is 0 Å². The fourth-order valence-corrected chi connectivity index (χ4v) is 7.72. The van der Waals surface area contributed by atoms with Crippen LogP contribution < -0.4 is 11.1 Å². The van der Waals surface area contributed by atoms with E-state index in [-0.39, 0.29) is 55.4 Å². The van der Waals surface area contributed by atoms with Crippen LogP contribution in [0.25, 0.3) is 0 Å². The molecule has 1 fully saturated rings. The molecule has 1 aliphatic rings. The Bertz CT molecular complexity index is 1680. The van der Waals surface area contributed by atoms with Crippen molar-refractivity contribution in [3.8, 4) is 0 Å². The highest BCUT2D eigenvalue weighted by molar-refractivity contribution is 7.89. The molecule has 272 valence electrons. The van der Waals surface area contributed by atoms with E-state index in [2.05, 4.69) is 20.4 Å². The molecule has 0 spiro atoms. The standard InChI is InChI=1S/C35H50N8O6S/c1-5-25(4)33(43-16-15-41(35(43)46)22-28-20-37-32(18-36)39-28)34(45)40-30(17-26-9-7-6-8-10-26)31(44)23-42(21-24(2)3)50(48,49)29-13-11-27(12-14-29)19-38-47/h6-14,19-20,24-25,30-31,33,44,47H,5,15-18,21-23,36H2,1-4H3,(H,37,39)(H,40,45)/t25-,30-,31-,33-/m0/s1. The number of imidazole rings is 1. The summed E-state index contributed by atoms with van der Waals surface area (Å²) >= 11 is 0. The summed E-state index contributed by atoms with van der Waals surface area (Å²) in [5.41, 5.74) is 7.71. The van der Waals surface area contributed by atoms with Gasteiger partial charge < -0.3 is 36.1 Å². The van der Waals surface area contributed by atoms with Gasteiger partial charge in [0.2, 0.25) is 15.9 Å². The molecule has 4 atom stereocenters. The number of H-pyrrole nitrogens is 1. The second-order valence-electron chi connectivity index (χ2n) is 13.2. The van der Waals surface area contributed by atoms with Crippen LogP contribution in [0.1, 0.15) is 56.8 Å². The lowest BCUT2D eigenvalue weighted by atomic mass is 9.95. The van der Waals surface area contributed by atoms with Gasteiger partial charge in [-0.1, -0.05) is 81.7 Å². The van der Waals surface area contributed by atoms with E-state index in [0.717, 1.165) is 5.56 Å². The third kappa shape index (κ3) is 9.68. The molecule has 0 unspecified atom stereocenters. The maximum Gasteiger partial charge on any atom is 0.321 e. The summed E-state index contributed by atoms with van der Waals surface area (Å²) in [6, 6.07) is 13.3. The van der Waals surface area contributed by atoms with Crippen LogP contribution in [-0.4, -0.2) is 105 Å². The number of hydrogen-bond donors (Lipinski definition) is 5. The predicted molar refractivity (Wildman–Crippen MR) is 190 cm³/mol. The van der Waals surface area contributed by atoms with E-state index in [1.165, 1.54) is 34.8 Å². The van der Waals surface area contributed by atoms with Crippen molar-refractivity contribution in [1.29, 1.82) is 0 Å². The van der Waals surface area contributed by atoms with Gasteiger partial charge in [0.1, 0.15) is 11.9 Å². The van der Waals surface area contributed by atoms with Gasteiger partial charge in [-0.05, 0) is 41.5 Å². The summed E-state index contributed by atoms with van der Waals surface area (Å²) in [6.07, 6.45) is 2.47. The number of nitrogens with zero attached hydrogens (tertiary/aromatic N) is 5. The van der Waals surface area contributed by atoms with Crippen molar-refractivity contribution in [3.63, 3.8) is 0 Å². The summed E-state index contributed by atoms with van der Waals surface area (Å²) in [6.45, 7) is 8.76. The Labute approximate surface area is 294 Å². The van der Waals surface area contributed by atoms with Crippen molar-refractivity contribution in [1.82, 2.24) is 29.4 Å². The van der Waals surface area contributed by atoms with Crippen LogP contribution >= 0.6 is 0 Å². The van der Waals surface area contributed by atoms with E-state index < -0.39 is 34.1 Å². The largest absolute Gasteiger partial charge is 0.411 e. The lowest BCUT2D eigenvalue weighted by Gasteiger charge is -2.35. The minimum absolute atomic E-state index is 0.0205. The van der Waals surface area contributed by atoms with Crippen molar-refractivity contribution in [3.05, 3.63) is 83.4 Å². The topological polar surface area (TPSA) is 198 Å². The highest BCUT2D eigenvalue weighted by Gasteiger charge is 2.41. The first-order valence-corrected chi connectivity index (χ1v) is 18.4. The number of aliphatic hydroxyl groups excluding tert-OH is 1. The van der Waals surface area contributed by atoms with Gasteiger partial charge >= 0.3 is 6.03 Å². The fraction of sp³-hybridized carbons (Fsp3) is 0.486. The lowest BCUT2D eigenvalue weighted by molar-refractivity contribution is -0.128. The van der Waals surface area contributed by atoms with Crippen LogP contribution in [-0.2, 0) is 34.3 Å². The number of benzene rings is 2. The number of amides is 3. The molecule has 4 rings (SSSR count). The normalized spacial score (nSPS) is 16.4. The number of oxime groups is 1. The van der Waals surface area contributed by atoms with Gasteiger partial charge in [-0.15, -0.1) is 0 Å². The number of nitrogens with one attached hydrogen (secondary N) is 2. The molecule has 3 amide bonds. The smallest absolute Gasteiger partial charge is 0.321 e. The number of urea groups is 1. The van der Waals surface area contributed by atoms with Gasteiger partial charge in [0.15, 0.2) is 0 Å². The molecule has 15 heteroatoms. The second kappa shape index (κ2) is 17.6. The van der Waals surface area contributed by atoms with Gasteiger partial charge in [0, 0.05) is 32.4 Å². The third-order valence-electron chi connectivity index (χ3n) is 8.92. The molecule has 50 heavy (non-hydrogen) atoms. The minimum Gasteiger partial charge on any atom is -0.411 e. The first kappa shape index (κ1) is 38.5. The number of hydrogen-bond acceptors (Lipinski definition) is 9. The molecular formula is C35H50N8O6S. The van der Waals surface area contributed by atoms with Gasteiger partial charge in [-0.25, -0.2) is 18.2 Å². The highest BCUT2D eigenvalue weighted by Crippen LogP contribution is 2.24. The average molecular weight is 711 g/mol. The third-order valence-corrected chi connectivity index (χ3v) is 10.8. The highest BCUT2D eigenvalue weighted by atomic mass is 32.2. The number of sulfonamides is 1. The van der Waals surface area contributed by atoms with E-state index in [0.29, 0.717) is 36.6 Å². The Morgan fingerprint density at radius 2 is 1.82 bits per heavy atom. The molecule has 14 nitrogen and oxygen atoms in total. The number of aromatic nitrogens is 2. The first-order chi connectivity index (χ1) is 23.9. The van der Waals surface area contributed by atoms with Crippen LogP contribution in [0.2, 0.25) is 0 Å². The molecule has 6 N–H and O–H groups in total. The average Bonchev–Trinajstić information content (AvgIpc) is 3.70. The quantitative estimate of drug-likeness (QED) is 0.0755. The molecule has 2 heterocycles. The van der Waals surface area contributed by atoms with Gasteiger partial charge in [-0.3, -0.25) is 4.79 Å². The fourth-order valence-electron chi connectivity index (χ4n) is 6.10. The number of aromatic amines is 1. The van der Waals surface area contributed by atoms with Crippen molar-refractivity contribution < 1.29 is 28.3 Å². The maximum absolute atomic E-state index is 14.2. The number of carbonyl (C=O) groups excluding carboxylic acids is 2. The molecule has 1 saturated heterocycles. The molecule has 0 saturated carbocycles. The van der Waals surface area contributed by atoms with Gasteiger partial charge in [-0.2, -0.15) is 4.31 Å². The number of carbonyl (C=O) groups is 2. The molecule has 0 radical (unpaired) electrons. The van der Waals surface area contributed by atoms with E-state index in [9.17, 15) is 23.1 Å². The second-order valence-corrected chi connectivity index (χ2v) is 15.1. The monoisotopic (exact) mass is 710 g/mol. The zero-order valence-corrected chi connectivity index (χ0v) is 30.0. The summed E-state index contributed by atoms with van der Waals surface area (Å²) in [5.74, 6) is -0.0743. The Hall–Kier alpha value is -4.31. The lowest BCUT2D eigenvalue weighted by Crippen LogP contribution is -2.57. The first-order valence-electron chi connectivity index (χ1n) is 17.0. The predicted octanol–water partition coefficient (Wildman–Crippen LogP) is 2.76. The molecule has 2 aromatic carbocycles. The molecule has 3 aromatic rings. The van der Waals surface area contributed by atoms with Gasteiger partial charge in [0.05, 0.1) is 42.0 Å². The summed E-state index contributed by atoms with van der Waals surface area (Å²) < 4.78 is 29.0. The van der Waals surface area contributed by atoms with Crippen LogP contribution in [0.3, 0.4) is 0 Å². The minimum atomic E-state index is -4.06. The van der Waals surface area contributed by atoms with E-state index in [1.54, 1.807) is 16.0 Å². The van der Waals surface area contributed by atoms with Crippen molar-refractivity contribution >= 4 is 28.2 Å².